The van der Waals surface area contributed by atoms with Crippen molar-refractivity contribution in [2.24, 2.45) is 5.92 Å². The third-order valence-electron chi connectivity index (χ3n) is 5.28. The summed E-state index contributed by atoms with van der Waals surface area (Å²) in [6.07, 6.45) is 5.99. The van der Waals surface area contributed by atoms with Crippen LogP contribution in [0.1, 0.15) is 38.5 Å². The summed E-state index contributed by atoms with van der Waals surface area (Å²) < 4.78 is 23.3. The number of hydrogen-bond acceptors (Lipinski definition) is 4. The molecule has 5 nitrogen and oxygen atoms in total. The Labute approximate surface area is 127 Å². The molecule has 2 aliphatic heterocycles. The number of carbonyl (C=O) groups is 1. The number of hydrogen-bond donors (Lipinski definition) is 0. The third-order valence-corrected chi connectivity index (χ3v) is 7.17. The SMILES string of the molecule is O=C(CC1CCCS(=O)(=O)C1)N1CCN(C2CCC2)CC1. The molecule has 0 aromatic rings. The summed E-state index contributed by atoms with van der Waals surface area (Å²) in [5, 5.41) is 0. The van der Waals surface area contributed by atoms with E-state index >= 15 is 0 Å². The van der Waals surface area contributed by atoms with Crippen LogP contribution in [-0.2, 0) is 14.6 Å². The van der Waals surface area contributed by atoms with Gasteiger partial charge in [-0.3, -0.25) is 9.69 Å². The largest absolute Gasteiger partial charge is 0.340 e. The van der Waals surface area contributed by atoms with Crippen molar-refractivity contribution in [3.8, 4) is 0 Å². The Morgan fingerprint density at radius 3 is 2.29 bits per heavy atom. The molecule has 0 radical (unpaired) electrons. The first-order valence-electron chi connectivity index (χ1n) is 8.26. The number of nitrogens with zero attached hydrogens (tertiary/aromatic N) is 2. The highest BCUT2D eigenvalue weighted by atomic mass is 32.2. The second kappa shape index (κ2) is 6.24. The van der Waals surface area contributed by atoms with E-state index in [0.29, 0.717) is 12.2 Å². The maximum Gasteiger partial charge on any atom is 0.222 e. The Hall–Kier alpha value is -0.620. The number of carbonyl (C=O) groups excluding carboxylic acids is 1. The fourth-order valence-electron chi connectivity index (χ4n) is 3.74. The highest BCUT2D eigenvalue weighted by molar-refractivity contribution is 7.91. The zero-order valence-electron chi connectivity index (χ0n) is 12.7. The van der Waals surface area contributed by atoms with Gasteiger partial charge < -0.3 is 4.90 Å². The van der Waals surface area contributed by atoms with Gasteiger partial charge in [0.25, 0.3) is 0 Å². The first kappa shape index (κ1) is 15.3. The van der Waals surface area contributed by atoms with Crippen LogP contribution >= 0.6 is 0 Å². The monoisotopic (exact) mass is 314 g/mol. The van der Waals surface area contributed by atoms with Crippen LogP contribution in [0.5, 0.6) is 0 Å². The van der Waals surface area contributed by atoms with Gasteiger partial charge in [0, 0.05) is 38.6 Å². The minimum Gasteiger partial charge on any atom is -0.340 e. The highest BCUT2D eigenvalue weighted by Crippen LogP contribution is 2.26. The second-order valence-corrected chi connectivity index (χ2v) is 9.06. The van der Waals surface area contributed by atoms with Gasteiger partial charge in [-0.1, -0.05) is 6.42 Å². The smallest absolute Gasteiger partial charge is 0.222 e. The van der Waals surface area contributed by atoms with E-state index in [2.05, 4.69) is 4.90 Å². The quantitative estimate of drug-likeness (QED) is 0.776. The standard InChI is InChI=1S/C15H26N2O3S/c18-15(11-13-3-2-10-21(19,20)12-13)17-8-6-16(7-9-17)14-4-1-5-14/h13-14H,1-12H2. The van der Waals surface area contributed by atoms with Crippen LogP contribution in [0.25, 0.3) is 0 Å². The molecule has 0 spiro atoms. The molecule has 0 bridgehead atoms. The first-order chi connectivity index (χ1) is 10.0. The molecule has 2 saturated heterocycles. The number of piperazine rings is 1. The van der Waals surface area contributed by atoms with E-state index in [0.717, 1.165) is 45.1 Å². The minimum atomic E-state index is -2.90. The number of sulfone groups is 1. The molecule has 1 atom stereocenters. The molecule has 1 aliphatic carbocycles. The van der Waals surface area contributed by atoms with Crippen molar-refractivity contribution in [2.75, 3.05) is 37.7 Å². The fraction of sp³-hybridized carbons (Fsp3) is 0.933. The average molecular weight is 314 g/mol. The maximum atomic E-state index is 12.3. The summed E-state index contributed by atoms with van der Waals surface area (Å²) in [6, 6.07) is 0.755. The molecule has 0 aromatic carbocycles. The van der Waals surface area contributed by atoms with E-state index in [1.54, 1.807) is 0 Å². The minimum absolute atomic E-state index is 0.0425. The third kappa shape index (κ3) is 3.77. The maximum absolute atomic E-state index is 12.3. The van der Waals surface area contributed by atoms with Crippen molar-refractivity contribution in [1.82, 2.24) is 9.80 Å². The average Bonchev–Trinajstić information content (AvgIpc) is 2.36. The van der Waals surface area contributed by atoms with E-state index in [4.69, 9.17) is 0 Å². The first-order valence-corrected chi connectivity index (χ1v) is 10.1. The van der Waals surface area contributed by atoms with Crippen molar-refractivity contribution in [3.05, 3.63) is 0 Å². The van der Waals surface area contributed by atoms with Gasteiger partial charge in [0.05, 0.1) is 11.5 Å². The van der Waals surface area contributed by atoms with Gasteiger partial charge >= 0.3 is 0 Å². The van der Waals surface area contributed by atoms with Crippen LogP contribution in [0.4, 0.5) is 0 Å². The molecule has 2 heterocycles. The zero-order chi connectivity index (χ0) is 14.9. The van der Waals surface area contributed by atoms with Crippen molar-refractivity contribution in [2.45, 2.75) is 44.6 Å². The predicted octanol–water partition coefficient (Wildman–Crippen LogP) is 0.898. The fourth-order valence-corrected chi connectivity index (χ4v) is 5.52. The summed E-state index contributed by atoms with van der Waals surface area (Å²) >= 11 is 0. The van der Waals surface area contributed by atoms with E-state index in [1.165, 1.54) is 19.3 Å². The normalized spacial score (nSPS) is 30.9. The van der Waals surface area contributed by atoms with Crippen molar-refractivity contribution >= 4 is 15.7 Å². The molecule has 0 aromatic heterocycles. The van der Waals surface area contributed by atoms with E-state index in [-0.39, 0.29) is 17.6 Å². The van der Waals surface area contributed by atoms with E-state index < -0.39 is 9.84 Å². The Morgan fingerprint density at radius 2 is 1.71 bits per heavy atom. The lowest BCUT2D eigenvalue weighted by atomic mass is 9.91. The summed E-state index contributed by atoms with van der Waals surface area (Å²) in [5.74, 6) is 0.713. The molecule has 1 amide bonds. The van der Waals surface area contributed by atoms with Crippen LogP contribution in [0.3, 0.4) is 0 Å². The molecule has 21 heavy (non-hydrogen) atoms. The lowest BCUT2D eigenvalue weighted by Crippen LogP contribution is -2.53. The molecule has 3 rings (SSSR count). The lowest BCUT2D eigenvalue weighted by molar-refractivity contribution is -0.134. The summed E-state index contributed by atoms with van der Waals surface area (Å²) in [7, 11) is -2.90. The van der Waals surface area contributed by atoms with Crippen molar-refractivity contribution in [1.29, 1.82) is 0 Å². The Kier molecular flexibility index (Phi) is 4.54. The van der Waals surface area contributed by atoms with E-state index in [9.17, 15) is 13.2 Å². The Bertz CT molecular complexity index is 479. The van der Waals surface area contributed by atoms with E-state index in [1.807, 2.05) is 4.90 Å². The molecular weight excluding hydrogens is 288 g/mol. The van der Waals surface area contributed by atoms with Gasteiger partial charge in [0.1, 0.15) is 0 Å². The molecule has 3 aliphatic rings. The summed E-state index contributed by atoms with van der Waals surface area (Å²) in [6.45, 7) is 3.60. The van der Waals surface area contributed by atoms with Gasteiger partial charge in [-0.25, -0.2) is 8.42 Å². The van der Waals surface area contributed by atoms with Gasteiger partial charge in [-0.15, -0.1) is 0 Å². The van der Waals surface area contributed by atoms with Crippen LogP contribution < -0.4 is 0 Å². The molecule has 1 saturated carbocycles. The molecule has 0 N–H and O–H groups in total. The highest BCUT2D eigenvalue weighted by Gasteiger charge is 2.31. The van der Waals surface area contributed by atoms with Crippen LogP contribution in [0, 0.1) is 5.92 Å². The molecule has 3 fully saturated rings. The second-order valence-electron chi connectivity index (χ2n) is 6.83. The molecule has 120 valence electrons. The van der Waals surface area contributed by atoms with Gasteiger partial charge in [0.15, 0.2) is 9.84 Å². The number of rotatable bonds is 3. The van der Waals surface area contributed by atoms with Gasteiger partial charge in [0.2, 0.25) is 5.91 Å². The van der Waals surface area contributed by atoms with Gasteiger partial charge in [-0.05, 0) is 31.6 Å². The van der Waals surface area contributed by atoms with Crippen LogP contribution in [-0.4, -0.2) is 67.9 Å². The van der Waals surface area contributed by atoms with Gasteiger partial charge in [-0.2, -0.15) is 0 Å². The van der Waals surface area contributed by atoms with Crippen molar-refractivity contribution in [3.63, 3.8) is 0 Å². The Balaban J connectivity index is 1.45. The summed E-state index contributed by atoms with van der Waals surface area (Å²) in [5.41, 5.74) is 0. The summed E-state index contributed by atoms with van der Waals surface area (Å²) in [4.78, 5) is 16.8. The topological polar surface area (TPSA) is 57.7 Å². The van der Waals surface area contributed by atoms with Crippen molar-refractivity contribution < 1.29 is 13.2 Å². The predicted molar refractivity (Wildman–Crippen MR) is 81.8 cm³/mol. The molecule has 6 heteroatoms. The molecular formula is C15H26N2O3S. The zero-order valence-corrected chi connectivity index (χ0v) is 13.5. The lowest BCUT2D eigenvalue weighted by Gasteiger charge is -2.43. The van der Waals surface area contributed by atoms with Crippen LogP contribution in [0.15, 0.2) is 0 Å². The van der Waals surface area contributed by atoms with Crippen LogP contribution in [0.2, 0.25) is 0 Å². The number of amides is 1. The molecule has 1 unspecified atom stereocenters. The Morgan fingerprint density at radius 1 is 1.00 bits per heavy atom.